The highest BCUT2D eigenvalue weighted by atomic mass is 79.9. The quantitative estimate of drug-likeness (QED) is 0.609. The van der Waals surface area contributed by atoms with Gasteiger partial charge in [0.05, 0.1) is 15.2 Å². The van der Waals surface area contributed by atoms with Gasteiger partial charge >= 0.3 is 0 Å². The molecule has 1 aromatic heterocycles. The fourth-order valence-electron chi connectivity index (χ4n) is 1.29. The number of aromatic hydroxyl groups is 1. The zero-order valence-electron chi connectivity index (χ0n) is 9.19. The van der Waals surface area contributed by atoms with Gasteiger partial charge < -0.3 is 5.11 Å². The van der Waals surface area contributed by atoms with Crippen molar-refractivity contribution in [1.29, 1.82) is 0 Å². The van der Waals surface area contributed by atoms with E-state index in [1.165, 1.54) is 4.68 Å². The molecule has 1 aromatic carbocycles. The highest BCUT2D eigenvalue weighted by molar-refractivity contribution is 9.11. The molecule has 2 rings (SSSR count). The summed E-state index contributed by atoms with van der Waals surface area (Å²) in [5.41, 5.74) is 0.814. The molecule has 0 atom stereocenters. The number of aromatic nitrogens is 3. The number of benzene rings is 1. The van der Waals surface area contributed by atoms with E-state index in [0.29, 0.717) is 19.5 Å². The van der Waals surface area contributed by atoms with E-state index in [2.05, 4.69) is 47.2 Å². The van der Waals surface area contributed by atoms with E-state index in [1.807, 2.05) is 0 Å². The van der Waals surface area contributed by atoms with Crippen LogP contribution in [0.25, 0.3) is 0 Å². The Morgan fingerprint density at radius 3 is 2.56 bits per heavy atom. The van der Waals surface area contributed by atoms with Crippen LogP contribution in [0, 0.1) is 11.7 Å². The summed E-state index contributed by atoms with van der Waals surface area (Å²) in [5, 5.41) is 20.4. The summed E-state index contributed by atoms with van der Waals surface area (Å²) >= 11 is 11.5. The number of hydrogen-bond donors (Lipinski definition) is 2. The van der Waals surface area contributed by atoms with Crippen molar-refractivity contribution in [3.05, 3.63) is 37.2 Å². The van der Waals surface area contributed by atoms with Crippen molar-refractivity contribution in [2.45, 2.75) is 6.92 Å². The third kappa shape index (κ3) is 2.70. The first kappa shape index (κ1) is 13.4. The molecule has 0 bridgehead atoms. The molecule has 0 saturated carbocycles. The third-order valence-corrected chi connectivity index (χ3v) is 3.65. The predicted octanol–water partition coefficient (Wildman–Crippen LogP) is 3.36. The number of rotatable bonds is 2. The van der Waals surface area contributed by atoms with Gasteiger partial charge in [-0.05, 0) is 68.7 Å². The van der Waals surface area contributed by atoms with Gasteiger partial charge in [-0.25, -0.2) is 0 Å². The highest BCUT2D eigenvalue weighted by Crippen LogP contribution is 2.32. The van der Waals surface area contributed by atoms with Gasteiger partial charge in [-0.3, -0.25) is 5.10 Å². The van der Waals surface area contributed by atoms with Gasteiger partial charge in [-0.2, -0.15) is 14.9 Å². The average Bonchev–Trinajstić information content (AvgIpc) is 2.63. The van der Waals surface area contributed by atoms with Crippen LogP contribution in [-0.4, -0.2) is 26.2 Å². The molecule has 1 heterocycles. The zero-order valence-corrected chi connectivity index (χ0v) is 13.2. The summed E-state index contributed by atoms with van der Waals surface area (Å²) in [4.78, 5) is 0. The highest BCUT2D eigenvalue weighted by Gasteiger charge is 2.05. The minimum atomic E-state index is 0.156. The number of hydrogen-bond acceptors (Lipinski definition) is 4. The molecule has 0 radical (unpaired) electrons. The second-order valence-corrected chi connectivity index (χ2v) is 5.56. The SMILES string of the molecule is Cc1n[nH]c(=S)n1N=Cc1cc(Br)c(O)c(Br)c1. The van der Waals surface area contributed by atoms with Crippen LogP contribution in [0.5, 0.6) is 5.75 Å². The Labute approximate surface area is 125 Å². The monoisotopic (exact) mass is 390 g/mol. The summed E-state index contributed by atoms with van der Waals surface area (Å²) in [6, 6.07) is 3.51. The van der Waals surface area contributed by atoms with Gasteiger partial charge in [0, 0.05) is 0 Å². The number of nitrogens with zero attached hydrogens (tertiary/aromatic N) is 3. The van der Waals surface area contributed by atoms with E-state index >= 15 is 0 Å². The number of halogens is 2. The predicted molar refractivity (Wildman–Crippen MR) is 78.6 cm³/mol. The maximum absolute atomic E-state index is 9.60. The Morgan fingerprint density at radius 2 is 2.06 bits per heavy atom. The lowest BCUT2D eigenvalue weighted by atomic mass is 10.2. The topological polar surface area (TPSA) is 66.2 Å². The van der Waals surface area contributed by atoms with E-state index in [9.17, 15) is 5.11 Å². The summed E-state index contributed by atoms with van der Waals surface area (Å²) in [6.45, 7) is 1.80. The minimum Gasteiger partial charge on any atom is -0.506 e. The second-order valence-electron chi connectivity index (χ2n) is 3.47. The van der Waals surface area contributed by atoms with E-state index in [-0.39, 0.29) is 5.75 Å². The molecule has 2 aromatic rings. The summed E-state index contributed by atoms with van der Waals surface area (Å²) in [7, 11) is 0. The molecule has 94 valence electrons. The molecule has 0 aliphatic rings. The Bertz CT molecular complexity index is 654. The summed E-state index contributed by atoms with van der Waals surface area (Å²) in [5.74, 6) is 0.830. The van der Waals surface area contributed by atoms with Crippen LogP contribution in [0.1, 0.15) is 11.4 Å². The molecule has 0 aliphatic heterocycles. The van der Waals surface area contributed by atoms with Crippen LogP contribution in [0.2, 0.25) is 0 Å². The lowest BCUT2D eigenvalue weighted by Gasteiger charge is -2.02. The molecule has 0 amide bonds. The van der Waals surface area contributed by atoms with Crippen molar-refractivity contribution >= 4 is 50.3 Å². The molecule has 0 unspecified atom stereocenters. The first-order valence-electron chi connectivity index (χ1n) is 4.85. The molecule has 2 N–H and O–H groups in total. The number of aryl methyl sites for hydroxylation is 1. The van der Waals surface area contributed by atoms with Crippen LogP contribution in [0.15, 0.2) is 26.2 Å². The van der Waals surface area contributed by atoms with Gasteiger partial charge in [0.15, 0.2) is 0 Å². The molecule has 0 saturated heterocycles. The van der Waals surface area contributed by atoms with Crippen LogP contribution < -0.4 is 0 Å². The molecule has 18 heavy (non-hydrogen) atoms. The molecular formula is C10H8Br2N4OS. The van der Waals surface area contributed by atoms with Crippen LogP contribution in [0.3, 0.4) is 0 Å². The fraction of sp³-hybridized carbons (Fsp3) is 0.100. The van der Waals surface area contributed by atoms with Crippen LogP contribution in [0.4, 0.5) is 0 Å². The van der Waals surface area contributed by atoms with E-state index in [4.69, 9.17) is 12.2 Å². The molecule has 8 heteroatoms. The summed E-state index contributed by atoms with van der Waals surface area (Å²) < 4.78 is 3.13. The Balaban J connectivity index is 2.38. The second kappa shape index (κ2) is 5.33. The van der Waals surface area contributed by atoms with Gasteiger partial charge in [0.2, 0.25) is 4.77 Å². The molecule has 5 nitrogen and oxygen atoms in total. The van der Waals surface area contributed by atoms with E-state index in [1.54, 1.807) is 25.3 Å². The van der Waals surface area contributed by atoms with Gasteiger partial charge in [0.1, 0.15) is 11.6 Å². The first-order chi connectivity index (χ1) is 8.49. The Morgan fingerprint density at radius 1 is 1.44 bits per heavy atom. The minimum absolute atomic E-state index is 0.156. The number of nitrogens with one attached hydrogen (secondary N) is 1. The van der Waals surface area contributed by atoms with E-state index in [0.717, 1.165) is 5.56 Å². The number of aromatic amines is 1. The van der Waals surface area contributed by atoms with Crippen molar-refractivity contribution in [2.75, 3.05) is 0 Å². The van der Waals surface area contributed by atoms with Crippen molar-refractivity contribution in [3.8, 4) is 5.75 Å². The van der Waals surface area contributed by atoms with Crippen molar-refractivity contribution < 1.29 is 5.11 Å². The largest absolute Gasteiger partial charge is 0.506 e. The van der Waals surface area contributed by atoms with Crippen LogP contribution >= 0.6 is 44.1 Å². The van der Waals surface area contributed by atoms with Gasteiger partial charge in [-0.15, -0.1) is 0 Å². The Hall–Kier alpha value is -0.990. The molecule has 0 spiro atoms. The molecular weight excluding hydrogens is 384 g/mol. The third-order valence-electron chi connectivity index (χ3n) is 2.17. The average molecular weight is 392 g/mol. The normalized spacial score (nSPS) is 11.3. The number of phenols is 1. The lowest BCUT2D eigenvalue weighted by Crippen LogP contribution is -1.94. The number of phenolic OH excluding ortho intramolecular Hbond substituents is 1. The molecule has 0 fully saturated rings. The van der Waals surface area contributed by atoms with E-state index < -0.39 is 0 Å². The first-order valence-corrected chi connectivity index (χ1v) is 6.85. The zero-order chi connectivity index (χ0) is 13.3. The van der Waals surface area contributed by atoms with Crippen LogP contribution in [-0.2, 0) is 0 Å². The Kier molecular flexibility index (Phi) is 3.98. The standard InChI is InChI=1S/C10H8Br2N4OS/c1-5-14-15-10(18)16(5)13-4-6-2-7(11)9(17)8(12)3-6/h2-4,17H,1H3,(H,15,18). The van der Waals surface area contributed by atoms with Crippen molar-refractivity contribution in [3.63, 3.8) is 0 Å². The summed E-state index contributed by atoms with van der Waals surface area (Å²) in [6.07, 6.45) is 1.63. The smallest absolute Gasteiger partial charge is 0.216 e. The molecule has 0 aliphatic carbocycles. The fourth-order valence-corrected chi connectivity index (χ4v) is 2.74. The van der Waals surface area contributed by atoms with Gasteiger partial charge in [0.25, 0.3) is 0 Å². The van der Waals surface area contributed by atoms with Crippen molar-refractivity contribution in [2.24, 2.45) is 5.10 Å². The van der Waals surface area contributed by atoms with Gasteiger partial charge in [-0.1, -0.05) is 0 Å². The van der Waals surface area contributed by atoms with Crippen molar-refractivity contribution in [1.82, 2.24) is 14.9 Å². The maximum atomic E-state index is 9.60. The number of H-pyrrole nitrogens is 1. The lowest BCUT2D eigenvalue weighted by molar-refractivity contribution is 0.468. The maximum Gasteiger partial charge on any atom is 0.216 e.